The van der Waals surface area contributed by atoms with Crippen LogP contribution in [0.4, 0.5) is 0 Å². The smallest absolute Gasteiger partial charge is 0.399 e. The average molecular weight is 368 g/mol. The summed E-state index contributed by atoms with van der Waals surface area (Å²) in [5.74, 6) is -0.253. The van der Waals surface area contributed by atoms with E-state index in [4.69, 9.17) is 9.31 Å². The quantitative estimate of drug-likeness (QED) is 0.808. The maximum Gasteiger partial charge on any atom is 0.494 e. The van der Waals surface area contributed by atoms with Crippen LogP contribution in [0.3, 0.4) is 0 Å². The van der Waals surface area contributed by atoms with Gasteiger partial charge < -0.3 is 19.5 Å². The lowest BCUT2D eigenvalue weighted by atomic mass is 9.78. The first-order valence-corrected chi connectivity index (χ1v) is 9.37. The standard InChI is InChI=1S/C20H25BN2O4/c1-12-6-9-16(17(24)22-12)23-11-13-10-14(7-8-15(13)18(23)25)21-26-19(2,3)20(4,5)27-21/h7-8,10,16H,1,6,9,11H2,2-5H3,(H,22,24). The lowest BCUT2D eigenvalue weighted by molar-refractivity contribution is -0.126. The highest BCUT2D eigenvalue weighted by Gasteiger charge is 2.52. The predicted octanol–water partition coefficient (Wildman–Crippen LogP) is 1.73. The van der Waals surface area contributed by atoms with Crippen molar-refractivity contribution < 1.29 is 18.9 Å². The van der Waals surface area contributed by atoms with Gasteiger partial charge in [0.15, 0.2) is 0 Å². The van der Waals surface area contributed by atoms with Crippen LogP contribution in [-0.2, 0) is 20.6 Å². The highest BCUT2D eigenvalue weighted by atomic mass is 16.7. The Morgan fingerprint density at radius 3 is 2.48 bits per heavy atom. The van der Waals surface area contributed by atoms with Crippen molar-refractivity contribution in [1.82, 2.24) is 10.2 Å². The maximum atomic E-state index is 12.8. The molecule has 142 valence electrons. The fraction of sp³-hybridized carbons (Fsp3) is 0.500. The fourth-order valence-corrected chi connectivity index (χ4v) is 3.80. The summed E-state index contributed by atoms with van der Waals surface area (Å²) in [5.41, 5.74) is 2.33. The minimum atomic E-state index is -0.467. The van der Waals surface area contributed by atoms with E-state index >= 15 is 0 Å². The topological polar surface area (TPSA) is 67.9 Å². The van der Waals surface area contributed by atoms with Crippen LogP contribution in [0.2, 0.25) is 0 Å². The van der Waals surface area contributed by atoms with E-state index in [1.54, 1.807) is 4.90 Å². The first-order valence-electron chi connectivity index (χ1n) is 9.37. The molecular weight excluding hydrogens is 343 g/mol. The van der Waals surface area contributed by atoms with E-state index in [9.17, 15) is 9.59 Å². The Balaban J connectivity index is 1.57. The third-order valence-electron chi connectivity index (χ3n) is 6.19. The zero-order chi connectivity index (χ0) is 19.6. The number of carbonyl (C=O) groups excluding carboxylic acids is 2. The molecule has 0 aromatic heterocycles. The van der Waals surface area contributed by atoms with Crippen LogP contribution in [0.1, 0.15) is 56.5 Å². The monoisotopic (exact) mass is 368 g/mol. The second kappa shape index (κ2) is 5.94. The van der Waals surface area contributed by atoms with Gasteiger partial charge in [0.2, 0.25) is 5.91 Å². The molecule has 0 spiro atoms. The van der Waals surface area contributed by atoms with E-state index in [2.05, 4.69) is 11.9 Å². The molecule has 2 amide bonds. The van der Waals surface area contributed by atoms with Gasteiger partial charge in [0.1, 0.15) is 6.04 Å². The number of allylic oxidation sites excluding steroid dienone is 1. The fourth-order valence-electron chi connectivity index (χ4n) is 3.80. The summed E-state index contributed by atoms with van der Waals surface area (Å²) in [4.78, 5) is 26.8. The Morgan fingerprint density at radius 1 is 1.19 bits per heavy atom. The van der Waals surface area contributed by atoms with Crippen molar-refractivity contribution in [3.8, 4) is 0 Å². The minimum Gasteiger partial charge on any atom is -0.399 e. The van der Waals surface area contributed by atoms with Crippen LogP contribution < -0.4 is 10.8 Å². The average Bonchev–Trinajstić information content (AvgIpc) is 3.00. The molecule has 1 aromatic carbocycles. The number of nitrogens with zero attached hydrogens (tertiary/aromatic N) is 1. The third-order valence-corrected chi connectivity index (χ3v) is 6.19. The summed E-state index contributed by atoms with van der Waals surface area (Å²) >= 11 is 0. The van der Waals surface area contributed by atoms with E-state index in [1.807, 2.05) is 45.9 Å². The number of hydrogen-bond acceptors (Lipinski definition) is 4. The van der Waals surface area contributed by atoms with Crippen molar-refractivity contribution in [2.45, 2.75) is 64.3 Å². The maximum absolute atomic E-state index is 12.8. The van der Waals surface area contributed by atoms with Gasteiger partial charge in [-0.25, -0.2) is 0 Å². The lowest BCUT2D eigenvalue weighted by Crippen LogP contribution is -2.49. The molecule has 1 unspecified atom stereocenters. The molecule has 3 aliphatic heterocycles. The number of carbonyl (C=O) groups is 2. The molecule has 3 heterocycles. The summed E-state index contributed by atoms with van der Waals surface area (Å²) in [6.07, 6.45) is 1.30. The number of hydrogen-bond donors (Lipinski definition) is 1. The molecule has 7 heteroatoms. The molecule has 0 radical (unpaired) electrons. The van der Waals surface area contributed by atoms with Crippen molar-refractivity contribution >= 4 is 24.4 Å². The zero-order valence-corrected chi connectivity index (χ0v) is 16.3. The lowest BCUT2D eigenvalue weighted by Gasteiger charge is -2.32. The van der Waals surface area contributed by atoms with Crippen molar-refractivity contribution in [2.75, 3.05) is 0 Å². The number of rotatable bonds is 2. The molecule has 3 aliphatic rings. The minimum absolute atomic E-state index is 0.0990. The molecule has 0 saturated carbocycles. The molecule has 0 bridgehead atoms. The van der Waals surface area contributed by atoms with Gasteiger partial charge in [0.05, 0.1) is 11.2 Å². The van der Waals surface area contributed by atoms with Gasteiger partial charge in [0, 0.05) is 17.8 Å². The molecular formula is C20H25BN2O4. The Labute approximate surface area is 160 Å². The Morgan fingerprint density at radius 2 is 1.85 bits per heavy atom. The second-order valence-corrected chi connectivity index (χ2v) is 8.59. The largest absolute Gasteiger partial charge is 0.494 e. The molecule has 1 atom stereocenters. The molecule has 2 fully saturated rings. The number of amides is 2. The third kappa shape index (κ3) is 2.89. The van der Waals surface area contributed by atoms with Gasteiger partial charge in [-0.2, -0.15) is 0 Å². The van der Waals surface area contributed by atoms with Crippen molar-refractivity contribution in [3.63, 3.8) is 0 Å². The van der Waals surface area contributed by atoms with Gasteiger partial charge >= 0.3 is 7.12 Å². The number of benzene rings is 1. The Kier molecular flexibility index (Phi) is 4.02. The van der Waals surface area contributed by atoms with Crippen molar-refractivity contribution in [3.05, 3.63) is 41.6 Å². The molecule has 1 aromatic rings. The second-order valence-electron chi connectivity index (χ2n) is 8.59. The first kappa shape index (κ1) is 18.3. The molecule has 27 heavy (non-hydrogen) atoms. The summed E-state index contributed by atoms with van der Waals surface area (Å²) in [5, 5.41) is 2.76. The van der Waals surface area contributed by atoms with E-state index in [0.717, 1.165) is 11.0 Å². The molecule has 0 aliphatic carbocycles. The molecule has 6 nitrogen and oxygen atoms in total. The molecule has 2 saturated heterocycles. The van der Waals surface area contributed by atoms with E-state index < -0.39 is 24.4 Å². The highest BCUT2D eigenvalue weighted by Crippen LogP contribution is 2.37. The van der Waals surface area contributed by atoms with Gasteiger partial charge in [-0.15, -0.1) is 0 Å². The zero-order valence-electron chi connectivity index (χ0n) is 16.3. The van der Waals surface area contributed by atoms with Crippen LogP contribution in [-0.4, -0.2) is 41.1 Å². The SMILES string of the molecule is C=C1CCC(N2Cc3cc(B4OC(C)(C)C(C)(C)O4)ccc3C2=O)C(=O)N1. The molecule has 4 rings (SSSR count). The van der Waals surface area contributed by atoms with Crippen molar-refractivity contribution in [2.24, 2.45) is 0 Å². The highest BCUT2D eigenvalue weighted by molar-refractivity contribution is 6.62. The molecule has 1 N–H and O–H groups in total. The predicted molar refractivity (Wildman–Crippen MR) is 102 cm³/mol. The van der Waals surface area contributed by atoms with Crippen LogP contribution in [0.25, 0.3) is 0 Å². The van der Waals surface area contributed by atoms with Gasteiger partial charge in [-0.1, -0.05) is 18.7 Å². The van der Waals surface area contributed by atoms with Gasteiger partial charge in [-0.3, -0.25) is 9.59 Å². The van der Waals surface area contributed by atoms with Crippen LogP contribution in [0.15, 0.2) is 30.5 Å². The Hall–Kier alpha value is -2.12. The van der Waals surface area contributed by atoms with Crippen molar-refractivity contribution in [1.29, 1.82) is 0 Å². The summed E-state index contributed by atoms with van der Waals surface area (Å²) in [6.45, 7) is 12.3. The van der Waals surface area contributed by atoms with E-state index in [1.165, 1.54) is 0 Å². The van der Waals surface area contributed by atoms with E-state index in [-0.39, 0.29) is 11.8 Å². The number of fused-ring (bicyclic) bond motifs is 1. The summed E-state index contributed by atoms with van der Waals surface area (Å²) < 4.78 is 12.2. The van der Waals surface area contributed by atoms with Crippen LogP contribution in [0, 0.1) is 0 Å². The summed E-state index contributed by atoms with van der Waals surface area (Å²) in [6, 6.07) is 5.22. The van der Waals surface area contributed by atoms with Crippen LogP contribution >= 0.6 is 0 Å². The normalized spacial score (nSPS) is 26.4. The van der Waals surface area contributed by atoms with Gasteiger partial charge in [-0.05, 0) is 57.6 Å². The van der Waals surface area contributed by atoms with E-state index in [0.29, 0.717) is 30.6 Å². The summed E-state index contributed by atoms with van der Waals surface area (Å²) in [7, 11) is -0.467. The number of nitrogens with one attached hydrogen (secondary N) is 1. The van der Waals surface area contributed by atoms with Gasteiger partial charge in [0.25, 0.3) is 5.91 Å². The first-order chi connectivity index (χ1) is 12.6. The number of piperidine rings is 1. The van der Waals surface area contributed by atoms with Crippen LogP contribution in [0.5, 0.6) is 0 Å². The Bertz CT molecular complexity index is 832.